The van der Waals surface area contributed by atoms with Crippen LogP contribution in [0.1, 0.15) is 75.3 Å². The van der Waals surface area contributed by atoms with Crippen LogP contribution in [0.3, 0.4) is 0 Å². The minimum Gasteiger partial charge on any atom is -0.390 e. The molecule has 10 nitrogen and oxygen atoms in total. The van der Waals surface area contributed by atoms with Gasteiger partial charge in [-0.05, 0) is 56.9 Å². The van der Waals surface area contributed by atoms with E-state index in [1.807, 2.05) is 38.8 Å². The van der Waals surface area contributed by atoms with Gasteiger partial charge in [0.1, 0.15) is 34.5 Å². The summed E-state index contributed by atoms with van der Waals surface area (Å²) in [6, 6.07) is 16.1. The molecule has 2 aromatic heterocycles. The third-order valence-corrected chi connectivity index (χ3v) is 7.93. The number of aryl methyl sites for hydroxylation is 1. The van der Waals surface area contributed by atoms with Crippen LogP contribution in [0.15, 0.2) is 46.3 Å². The van der Waals surface area contributed by atoms with E-state index in [-0.39, 0.29) is 28.5 Å². The van der Waals surface area contributed by atoms with E-state index < -0.39 is 0 Å². The van der Waals surface area contributed by atoms with E-state index in [4.69, 9.17) is 14.8 Å². The fraction of sp³-hybridized carbons (Fsp3) is 0.500. The van der Waals surface area contributed by atoms with E-state index in [0.29, 0.717) is 16.7 Å². The molecule has 10 heteroatoms. The number of hydrogen-bond donors (Lipinski definition) is 0. The van der Waals surface area contributed by atoms with Crippen molar-refractivity contribution in [1.82, 2.24) is 14.5 Å². The average molecular weight is 598 g/mol. The summed E-state index contributed by atoms with van der Waals surface area (Å²) in [5.41, 5.74) is 3.92. The van der Waals surface area contributed by atoms with Crippen molar-refractivity contribution in [2.75, 3.05) is 38.3 Å². The molecule has 232 valence electrons. The molecule has 0 bridgehead atoms. The second-order valence-electron chi connectivity index (χ2n) is 12.3. The minimum atomic E-state index is -0.325. The molecule has 0 amide bonds. The lowest BCUT2D eigenvalue weighted by atomic mass is 9.93. The van der Waals surface area contributed by atoms with Gasteiger partial charge in [0, 0.05) is 39.8 Å². The third kappa shape index (κ3) is 8.43. The Morgan fingerprint density at radius 3 is 2.36 bits per heavy atom. The normalized spacial score (nSPS) is 16.2. The highest BCUT2D eigenvalue weighted by Gasteiger charge is 2.26. The SMILES string of the molecule is CC(C)(C)O/N=C\c1ccc(CN2CCOCC2)cc1.CN(c1c(C#N)c(=O)n(C)c2ccc(C#N)nc12)C1CCCCC1. The number of ether oxygens (including phenoxy) is 1. The minimum absolute atomic E-state index is 0.0978. The van der Waals surface area contributed by atoms with Gasteiger partial charge < -0.3 is 19.0 Å². The van der Waals surface area contributed by atoms with Gasteiger partial charge in [0.25, 0.3) is 5.56 Å². The van der Waals surface area contributed by atoms with Crippen molar-refractivity contribution in [1.29, 1.82) is 10.5 Å². The summed E-state index contributed by atoms with van der Waals surface area (Å²) in [6.45, 7) is 10.6. The number of aromatic nitrogens is 2. The first kappa shape index (κ1) is 32.7. The van der Waals surface area contributed by atoms with Crippen LogP contribution in [-0.2, 0) is 23.2 Å². The molecule has 0 N–H and O–H groups in total. The summed E-state index contributed by atoms with van der Waals surface area (Å²) in [5.74, 6) is 0. The van der Waals surface area contributed by atoms with E-state index >= 15 is 0 Å². The summed E-state index contributed by atoms with van der Waals surface area (Å²) >= 11 is 0. The van der Waals surface area contributed by atoms with Crippen molar-refractivity contribution in [2.24, 2.45) is 12.2 Å². The summed E-state index contributed by atoms with van der Waals surface area (Å²) < 4.78 is 6.79. The molecule has 0 spiro atoms. The molecule has 1 aromatic carbocycles. The quantitative estimate of drug-likeness (QED) is 0.284. The first-order chi connectivity index (χ1) is 21.1. The number of oxime groups is 1. The standard InChI is InChI=1S/C18H19N5O.C16H24N2O2/c1-22(13-6-4-3-5-7-13)17-14(11-20)18(24)23(2)15-9-8-12(10-19)21-16(15)17;1-16(2,3)20-17-12-14-4-6-15(7-5-14)13-18-8-10-19-11-9-18/h8-9,13H,3-7H2,1-2H3;4-7,12H,8-11,13H2,1-3H3/b;17-12-. The predicted molar refractivity (Wildman–Crippen MR) is 173 cm³/mol. The topological polar surface area (TPSA) is 120 Å². The van der Waals surface area contributed by atoms with Gasteiger partial charge in [0.15, 0.2) is 0 Å². The molecule has 2 aliphatic rings. The maximum atomic E-state index is 12.6. The number of hydrogen-bond acceptors (Lipinski definition) is 9. The molecule has 0 atom stereocenters. The Balaban J connectivity index is 0.000000204. The van der Waals surface area contributed by atoms with Crippen LogP contribution in [-0.4, -0.2) is 65.7 Å². The first-order valence-corrected chi connectivity index (χ1v) is 15.3. The zero-order valence-electron chi connectivity index (χ0n) is 26.5. The van der Waals surface area contributed by atoms with Gasteiger partial charge in [-0.3, -0.25) is 9.69 Å². The molecular formula is C34H43N7O3. The summed E-state index contributed by atoms with van der Waals surface area (Å²) in [4.78, 5) is 26.8. The van der Waals surface area contributed by atoms with E-state index in [1.165, 1.54) is 16.6 Å². The second-order valence-corrected chi connectivity index (χ2v) is 12.3. The monoisotopic (exact) mass is 597 g/mol. The van der Waals surface area contributed by atoms with Crippen LogP contribution < -0.4 is 10.5 Å². The summed E-state index contributed by atoms with van der Waals surface area (Å²) in [5, 5.41) is 22.7. The molecule has 3 heterocycles. The Kier molecular flexibility index (Phi) is 11.1. The molecule has 1 aliphatic heterocycles. The van der Waals surface area contributed by atoms with Crippen LogP contribution in [0.2, 0.25) is 0 Å². The number of pyridine rings is 2. The number of nitriles is 2. The van der Waals surface area contributed by atoms with Crippen molar-refractivity contribution in [3.8, 4) is 12.1 Å². The van der Waals surface area contributed by atoms with Crippen LogP contribution in [0, 0.1) is 22.7 Å². The third-order valence-electron chi connectivity index (χ3n) is 7.93. The van der Waals surface area contributed by atoms with Crippen molar-refractivity contribution in [3.63, 3.8) is 0 Å². The largest absolute Gasteiger partial charge is 0.390 e. The van der Waals surface area contributed by atoms with Crippen LogP contribution in [0.4, 0.5) is 5.69 Å². The molecule has 3 aromatic rings. The molecule has 1 saturated carbocycles. The Hall–Kier alpha value is -4.25. The van der Waals surface area contributed by atoms with Crippen LogP contribution in [0.25, 0.3) is 11.0 Å². The maximum absolute atomic E-state index is 12.6. The van der Waals surface area contributed by atoms with Gasteiger partial charge in [-0.1, -0.05) is 48.7 Å². The van der Waals surface area contributed by atoms with Gasteiger partial charge in [-0.25, -0.2) is 4.98 Å². The molecular weight excluding hydrogens is 554 g/mol. The molecule has 0 radical (unpaired) electrons. The Morgan fingerprint density at radius 1 is 1.07 bits per heavy atom. The van der Waals surface area contributed by atoms with Crippen molar-refractivity contribution in [2.45, 2.75) is 71.1 Å². The Morgan fingerprint density at radius 2 is 1.75 bits per heavy atom. The number of rotatable bonds is 6. The van der Waals surface area contributed by atoms with Crippen molar-refractivity contribution >= 4 is 22.9 Å². The smallest absolute Gasteiger partial charge is 0.270 e. The van der Waals surface area contributed by atoms with Crippen LogP contribution in [0.5, 0.6) is 0 Å². The predicted octanol–water partition coefficient (Wildman–Crippen LogP) is 5.11. The zero-order chi connectivity index (χ0) is 31.7. The number of fused-ring (bicyclic) bond motifs is 1. The average Bonchev–Trinajstić information content (AvgIpc) is 3.03. The number of anilines is 1. The fourth-order valence-corrected chi connectivity index (χ4v) is 5.52. The van der Waals surface area contributed by atoms with E-state index in [1.54, 1.807) is 25.4 Å². The molecule has 0 unspecified atom stereocenters. The highest BCUT2D eigenvalue weighted by molar-refractivity contribution is 5.92. The van der Waals surface area contributed by atoms with Crippen molar-refractivity contribution < 1.29 is 9.57 Å². The lowest BCUT2D eigenvalue weighted by molar-refractivity contribution is 0.00199. The highest BCUT2D eigenvalue weighted by atomic mass is 16.6. The van der Waals surface area contributed by atoms with Gasteiger partial charge in [0.05, 0.1) is 30.6 Å². The van der Waals surface area contributed by atoms with Gasteiger partial charge in [0.2, 0.25) is 0 Å². The van der Waals surface area contributed by atoms with E-state index in [0.717, 1.165) is 64.1 Å². The lowest BCUT2D eigenvalue weighted by Crippen LogP contribution is -2.36. The second kappa shape index (κ2) is 15.0. The van der Waals surface area contributed by atoms with Gasteiger partial charge in [-0.15, -0.1) is 0 Å². The summed E-state index contributed by atoms with van der Waals surface area (Å²) in [7, 11) is 3.55. The molecule has 1 saturated heterocycles. The molecule has 2 fully saturated rings. The molecule has 5 rings (SSSR count). The van der Waals surface area contributed by atoms with Crippen LogP contribution >= 0.6 is 0 Å². The van der Waals surface area contributed by atoms with Gasteiger partial charge in [-0.2, -0.15) is 10.5 Å². The fourth-order valence-electron chi connectivity index (χ4n) is 5.52. The van der Waals surface area contributed by atoms with E-state index in [9.17, 15) is 10.1 Å². The summed E-state index contributed by atoms with van der Waals surface area (Å²) in [6.07, 6.45) is 7.35. The number of benzene rings is 1. The first-order valence-electron chi connectivity index (χ1n) is 15.3. The number of morpholine rings is 1. The Labute approximate surface area is 260 Å². The van der Waals surface area contributed by atoms with Gasteiger partial charge >= 0.3 is 0 Å². The van der Waals surface area contributed by atoms with Crippen molar-refractivity contribution in [3.05, 3.63) is 69.1 Å². The zero-order valence-corrected chi connectivity index (χ0v) is 26.5. The number of nitrogens with zero attached hydrogens (tertiary/aromatic N) is 7. The van der Waals surface area contributed by atoms with E-state index in [2.05, 4.69) is 45.4 Å². The lowest BCUT2D eigenvalue weighted by Gasteiger charge is -2.33. The maximum Gasteiger partial charge on any atom is 0.270 e. The molecule has 44 heavy (non-hydrogen) atoms. The Bertz CT molecular complexity index is 1580. The highest BCUT2D eigenvalue weighted by Crippen LogP contribution is 2.32. The molecule has 1 aliphatic carbocycles.